The number of anilines is 1. The fraction of sp³-hybridized carbons (Fsp3) is 0.222. The maximum Gasteiger partial charge on any atom is 0.335 e. The molecule has 1 heterocycles. The highest BCUT2D eigenvalue weighted by atomic mass is 32.2. The number of nitrogens with one attached hydrogen (secondary N) is 1. The van der Waals surface area contributed by atoms with Gasteiger partial charge in [-0.15, -0.1) is 0 Å². The minimum absolute atomic E-state index is 0.0811. The van der Waals surface area contributed by atoms with Crippen LogP contribution in [0, 0.1) is 0 Å². The first-order valence-electron chi connectivity index (χ1n) is 4.60. The van der Waals surface area contributed by atoms with Crippen molar-refractivity contribution in [3.05, 3.63) is 23.8 Å². The highest BCUT2D eigenvalue weighted by molar-refractivity contribution is 7.90. The Bertz CT molecular complexity index is 553. The average Bonchev–Trinajstić information content (AvgIpc) is 2.26. The molecule has 0 aromatic heterocycles. The standard InChI is InChI=1S/C9H11N3O3S/c1-12-9(13)11-8-6(5-10)3-2-4-7(8)16(12,14)15/h2-4H,5,10H2,1H3,(H,11,13). The molecule has 0 saturated heterocycles. The van der Waals surface area contributed by atoms with Gasteiger partial charge in [0, 0.05) is 13.6 Å². The molecule has 0 bridgehead atoms. The van der Waals surface area contributed by atoms with Crippen LogP contribution in [0.1, 0.15) is 5.56 Å². The number of amides is 2. The Morgan fingerprint density at radius 3 is 2.75 bits per heavy atom. The summed E-state index contributed by atoms with van der Waals surface area (Å²) in [5.41, 5.74) is 6.37. The number of para-hydroxylation sites is 1. The third-order valence-electron chi connectivity index (χ3n) is 2.49. The zero-order valence-electron chi connectivity index (χ0n) is 8.60. The summed E-state index contributed by atoms with van der Waals surface area (Å²) in [5.74, 6) is 0. The molecule has 1 aromatic carbocycles. The summed E-state index contributed by atoms with van der Waals surface area (Å²) in [6.45, 7) is 0.169. The number of carbonyl (C=O) groups is 1. The molecular formula is C9H11N3O3S. The van der Waals surface area contributed by atoms with Crippen LogP contribution in [-0.2, 0) is 16.6 Å². The van der Waals surface area contributed by atoms with Gasteiger partial charge in [0.15, 0.2) is 0 Å². The summed E-state index contributed by atoms with van der Waals surface area (Å²) in [6.07, 6.45) is 0. The zero-order valence-corrected chi connectivity index (χ0v) is 9.41. The van der Waals surface area contributed by atoms with E-state index in [9.17, 15) is 13.2 Å². The summed E-state index contributed by atoms with van der Waals surface area (Å²) in [4.78, 5) is 11.5. The van der Waals surface area contributed by atoms with Crippen LogP contribution in [-0.4, -0.2) is 25.8 Å². The molecule has 16 heavy (non-hydrogen) atoms. The minimum atomic E-state index is -3.74. The van der Waals surface area contributed by atoms with Crippen LogP contribution >= 0.6 is 0 Å². The maximum atomic E-state index is 11.9. The number of nitrogens with two attached hydrogens (primary N) is 1. The van der Waals surface area contributed by atoms with Crippen molar-refractivity contribution >= 4 is 21.7 Å². The molecule has 2 rings (SSSR count). The summed E-state index contributed by atoms with van der Waals surface area (Å²) >= 11 is 0. The second kappa shape index (κ2) is 3.46. The lowest BCUT2D eigenvalue weighted by atomic mass is 10.2. The van der Waals surface area contributed by atoms with Crippen LogP contribution in [0.3, 0.4) is 0 Å². The van der Waals surface area contributed by atoms with Gasteiger partial charge in [-0.3, -0.25) is 0 Å². The normalized spacial score (nSPS) is 17.9. The summed E-state index contributed by atoms with van der Waals surface area (Å²) in [5, 5.41) is 2.51. The number of hydrogen-bond acceptors (Lipinski definition) is 4. The van der Waals surface area contributed by atoms with E-state index in [0.29, 0.717) is 9.87 Å². The van der Waals surface area contributed by atoms with Gasteiger partial charge >= 0.3 is 6.03 Å². The number of hydrogen-bond donors (Lipinski definition) is 2. The molecule has 6 nitrogen and oxygen atoms in total. The highest BCUT2D eigenvalue weighted by Crippen LogP contribution is 2.31. The van der Waals surface area contributed by atoms with E-state index >= 15 is 0 Å². The highest BCUT2D eigenvalue weighted by Gasteiger charge is 2.34. The molecule has 0 aliphatic carbocycles. The third-order valence-corrected chi connectivity index (χ3v) is 4.27. The van der Waals surface area contributed by atoms with Crippen molar-refractivity contribution < 1.29 is 13.2 Å². The number of carbonyl (C=O) groups excluding carboxylic acids is 1. The fourth-order valence-electron chi connectivity index (χ4n) is 1.55. The SMILES string of the molecule is CN1C(=O)Nc2c(CN)cccc2S1(=O)=O. The first-order valence-corrected chi connectivity index (χ1v) is 6.04. The van der Waals surface area contributed by atoms with Gasteiger partial charge in [-0.1, -0.05) is 12.1 Å². The van der Waals surface area contributed by atoms with Crippen LogP contribution in [0.5, 0.6) is 0 Å². The molecule has 3 N–H and O–H groups in total. The Morgan fingerprint density at radius 2 is 2.12 bits per heavy atom. The molecule has 86 valence electrons. The Hall–Kier alpha value is -1.60. The molecule has 0 atom stereocenters. The monoisotopic (exact) mass is 241 g/mol. The molecule has 1 aromatic rings. The molecular weight excluding hydrogens is 230 g/mol. The van der Waals surface area contributed by atoms with Crippen LogP contribution in [0.4, 0.5) is 10.5 Å². The van der Waals surface area contributed by atoms with Crippen molar-refractivity contribution in [1.82, 2.24) is 4.31 Å². The van der Waals surface area contributed by atoms with Gasteiger partial charge in [0.25, 0.3) is 10.0 Å². The van der Waals surface area contributed by atoms with E-state index in [1.54, 1.807) is 12.1 Å². The van der Waals surface area contributed by atoms with E-state index < -0.39 is 16.1 Å². The second-order valence-corrected chi connectivity index (χ2v) is 5.33. The quantitative estimate of drug-likeness (QED) is 0.740. The van der Waals surface area contributed by atoms with Crippen LogP contribution in [0.25, 0.3) is 0 Å². The number of urea groups is 1. The largest absolute Gasteiger partial charge is 0.335 e. The van der Waals surface area contributed by atoms with Crippen LogP contribution in [0.15, 0.2) is 23.1 Å². The first kappa shape index (κ1) is 10.9. The van der Waals surface area contributed by atoms with Crippen molar-refractivity contribution in [2.75, 3.05) is 12.4 Å². The predicted octanol–water partition coefficient (Wildman–Crippen LogP) is 0.311. The Morgan fingerprint density at radius 1 is 1.44 bits per heavy atom. The van der Waals surface area contributed by atoms with Crippen molar-refractivity contribution in [1.29, 1.82) is 0 Å². The summed E-state index contributed by atoms with van der Waals surface area (Å²) < 4.78 is 24.5. The lowest BCUT2D eigenvalue weighted by Gasteiger charge is -2.26. The van der Waals surface area contributed by atoms with E-state index in [0.717, 1.165) is 0 Å². The number of fused-ring (bicyclic) bond motifs is 1. The molecule has 1 aliphatic heterocycles. The van der Waals surface area contributed by atoms with E-state index in [1.807, 2.05) is 0 Å². The molecule has 0 fully saturated rings. The minimum Gasteiger partial charge on any atom is -0.326 e. The first-order chi connectivity index (χ1) is 7.48. The number of nitrogens with zero attached hydrogens (tertiary/aromatic N) is 1. The Kier molecular flexibility index (Phi) is 2.36. The van der Waals surface area contributed by atoms with Gasteiger partial charge in [0.2, 0.25) is 0 Å². The summed E-state index contributed by atoms with van der Waals surface area (Å²) in [6, 6.07) is 4.05. The van der Waals surface area contributed by atoms with Gasteiger partial charge in [-0.05, 0) is 11.6 Å². The van der Waals surface area contributed by atoms with E-state index in [2.05, 4.69) is 5.32 Å². The third kappa shape index (κ3) is 1.36. The Balaban J connectivity index is 2.74. The lowest BCUT2D eigenvalue weighted by Crippen LogP contribution is -2.41. The van der Waals surface area contributed by atoms with Gasteiger partial charge < -0.3 is 11.1 Å². The van der Waals surface area contributed by atoms with Gasteiger partial charge in [0.05, 0.1) is 5.69 Å². The Labute approximate surface area is 93.1 Å². The number of rotatable bonds is 1. The number of benzene rings is 1. The smallest absolute Gasteiger partial charge is 0.326 e. The average molecular weight is 241 g/mol. The van der Waals surface area contributed by atoms with Crippen LogP contribution < -0.4 is 11.1 Å². The van der Waals surface area contributed by atoms with Gasteiger partial charge in [-0.25, -0.2) is 17.5 Å². The zero-order chi connectivity index (χ0) is 11.9. The maximum absolute atomic E-state index is 11.9. The van der Waals surface area contributed by atoms with E-state index in [1.165, 1.54) is 13.1 Å². The molecule has 0 radical (unpaired) electrons. The molecule has 1 aliphatic rings. The molecule has 0 unspecified atom stereocenters. The van der Waals surface area contributed by atoms with Crippen LogP contribution in [0.2, 0.25) is 0 Å². The van der Waals surface area contributed by atoms with Crippen molar-refractivity contribution in [3.63, 3.8) is 0 Å². The summed E-state index contributed by atoms with van der Waals surface area (Å²) in [7, 11) is -2.53. The molecule has 2 amide bonds. The fourth-order valence-corrected chi connectivity index (χ4v) is 2.80. The molecule has 0 spiro atoms. The van der Waals surface area contributed by atoms with Gasteiger partial charge in [-0.2, -0.15) is 0 Å². The molecule has 7 heteroatoms. The van der Waals surface area contributed by atoms with Crippen molar-refractivity contribution in [2.45, 2.75) is 11.4 Å². The van der Waals surface area contributed by atoms with Crippen molar-refractivity contribution in [3.8, 4) is 0 Å². The topological polar surface area (TPSA) is 92.5 Å². The van der Waals surface area contributed by atoms with E-state index in [4.69, 9.17) is 5.73 Å². The molecule has 0 saturated carbocycles. The predicted molar refractivity (Wildman–Crippen MR) is 58.3 cm³/mol. The lowest BCUT2D eigenvalue weighted by molar-refractivity contribution is 0.240. The van der Waals surface area contributed by atoms with Crippen molar-refractivity contribution in [2.24, 2.45) is 5.73 Å². The second-order valence-electron chi connectivity index (χ2n) is 3.40. The number of sulfonamides is 1. The van der Waals surface area contributed by atoms with Gasteiger partial charge in [0.1, 0.15) is 4.90 Å². The van der Waals surface area contributed by atoms with E-state index in [-0.39, 0.29) is 17.1 Å².